The third-order valence-corrected chi connectivity index (χ3v) is 2.51. The summed E-state index contributed by atoms with van der Waals surface area (Å²) in [5.74, 6) is -0.820. The van der Waals surface area contributed by atoms with Crippen molar-refractivity contribution >= 4 is 11.5 Å². The molecule has 2 N–H and O–H groups in total. The summed E-state index contributed by atoms with van der Waals surface area (Å²) in [5, 5.41) is 0. The highest BCUT2D eigenvalue weighted by Crippen LogP contribution is 2.16. The molecule has 0 aliphatic rings. The summed E-state index contributed by atoms with van der Waals surface area (Å²) in [6.45, 7) is 1.85. The highest BCUT2D eigenvalue weighted by molar-refractivity contribution is 6.09. The maximum atomic E-state index is 12.9. The van der Waals surface area contributed by atoms with Crippen LogP contribution < -0.4 is 5.73 Å². The van der Waals surface area contributed by atoms with Crippen LogP contribution in [0.5, 0.6) is 0 Å². The van der Waals surface area contributed by atoms with Gasteiger partial charge in [0.1, 0.15) is 5.82 Å². The first-order valence-electron chi connectivity index (χ1n) is 5.09. The summed E-state index contributed by atoms with van der Waals surface area (Å²) in [6.07, 6.45) is 2.39. The minimum Gasteiger partial charge on any atom is -0.398 e. The fraction of sp³-hybridized carbons (Fsp3) is 0.0769. The summed E-state index contributed by atoms with van der Waals surface area (Å²) in [7, 11) is 0. The van der Waals surface area contributed by atoms with Gasteiger partial charge in [-0.3, -0.25) is 9.78 Å². The molecule has 0 spiro atoms. The molecule has 0 unspecified atom stereocenters. The van der Waals surface area contributed by atoms with E-state index in [0.717, 1.165) is 17.8 Å². The van der Waals surface area contributed by atoms with Crippen LogP contribution in [0.2, 0.25) is 0 Å². The van der Waals surface area contributed by atoms with Gasteiger partial charge in [0.2, 0.25) is 0 Å². The molecular weight excluding hydrogens is 219 g/mol. The van der Waals surface area contributed by atoms with Crippen LogP contribution in [0.4, 0.5) is 10.1 Å². The number of carbonyl (C=O) groups is 1. The zero-order valence-electron chi connectivity index (χ0n) is 9.27. The summed E-state index contributed by atoms with van der Waals surface area (Å²) in [4.78, 5) is 15.6. The Morgan fingerprint density at radius 3 is 2.65 bits per heavy atom. The zero-order valence-corrected chi connectivity index (χ0v) is 9.27. The van der Waals surface area contributed by atoms with Crippen LogP contribution >= 0.6 is 0 Å². The van der Waals surface area contributed by atoms with E-state index in [1.807, 2.05) is 6.92 Å². The fourth-order valence-electron chi connectivity index (χ4n) is 1.48. The first-order valence-corrected chi connectivity index (χ1v) is 5.09. The third kappa shape index (κ3) is 2.30. The van der Waals surface area contributed by atoms with Crippen LogP contribution in [0.3, 0.4) is 0 Å². The zero-order chi connectivity index (χ0) is 12.4. The van der Waals surface area contributed by atoms with E-state index in [1.54, 1.807) is 18.2 Å². The predicted molar refractivity (Wildman–Crippen MR) is 63.2 cm³/mol. The number of hydrogen-bond acceptors (Lipinski definition) is 3. The number of nitrogens with zero attached hydrogens (tertiary/aromatic N) is 1. The number of aromatic nitrogens is 1. The van der Waals surface area contributed by atoms with Gasteiger partial charge in [0.15, 0.2) is 5.78 Å². The lowest BCUT2D eigenvalue weighted by Gasteiger charge is -2.04. The van der Waals surface area contributed by atoms with E-state index in [9.17, 15) is 9.18 Å². The molecular formula is C13H11FN2O. The van der Waals surface area contributed by atoms with Crippen molar-refractivity contribution in [2.75, 3.05) is 5.73 Å². The molecule has 2 aromatic rings. The molecule has 0 radical (unpaired) electrons. The molecule has 0 amide bonds. The van der Waals surface area contributed by atoms with Gasteiger partial charge >= 0.3 is 0 Å². The number of carbonyl (C=O) groups excluding carboxylic acids is 1. The molecule has 17 heavy (non-hydrogen) atoms. The molecule has 0 fully saturated rings. The summed E-state index contributed by atoms with van der Waals surface area (Å²) >= 11 is 0. The van der Waals surface area contributed by atoms with Crippen LogP contribution in [-0.4, -0.2) is 10.8 Å². The first kappa shape index (κ1) is 11.3. The van der Waals surface area contributed by atoms with Crippen LogP contribution in [0.25, 0.3) is 0 Å². The Bertz CT molecular complexity index is 581. The third-order valence-electron chi connectivity index (χ3n) is 2.51. The maximum Gasteiger partial charge on any atom is 0.194 e. The van der Waals surface area contributed by atoms with E-state index in [2.05, 4.69) is 4.98 Å². The Labute approximate surface area is 98.1 Å². The van der Waals surface area contributed by atoms with Crippen molar-refractivity contribution < 1.29 is 9.18 Å². The van der Waals surface area contributed by atoms with E-state index < -0.39 is 5.82 Å². The topological polar surface area (TPSA) is 56.0 Å². The van der Waals surface area contributed by atoms with Crippen LogP contribution in [0, 0.1) is 12.7 Å². The standard InChI is InChI=1S/C13H11FN2O/c1-8-2-3-9(5-12(8)15)13(17)10-4-11(14)7-16-6-10/h2-7H,15H2,1H3. The largest absolute Gasteiger partial charge is 0.398 e. The van der Waals surface area contributed by atoms with E-state index in [-0.39, 0.29) is 11.3 Å². The predicted octanol–water partition coefficient (Wildman–Crippen LogP) is 2.34. The van der Waals surface area contributed by atoms with Gasteiger partial charge in [-0.1, -0.05) is 12.1 Å². The number of ketones is 1. The normalized spacial score (nSPS) is 10.2. The van der Waals surface area contributed by atoms with Crippen LogP contribution in [0.1, 0.15) is 21.5 Å². The molecule has 1 aromatic carbocycles. The molecule has 3 nitrogen and oxygen atoms in total. The van der Waals surface area contributed by atoms with Crippen LogP contribution in [0.15, 0.2) is 36.7 Å². The Hall–Kier alpha value is -2.23. The molecule has 4 heteroatoms. The van der Waals surface area contributed by atoms with E-state index in [0.29, 0.717) is 11.3 Å². The molecule has 0 aliphatic carbocycles. The highest BCUT2D eigenvalue weighted by Gasteiger charge is 2.11. The Morgan fingerprint density at radius 2 is 2.00 bits per heavy atom. The minimum atomic E-state index is -0.532. The lowest BCUT2D eigenvalue weighted by molar-refractivity contribution is 0.103. The molecule has 1 heterocycles. The average Bonchev–Trinajstić information content (AvgIpc) is 2.32. The van der Waals surface area contributed by atoms with Gasteiger partial charge in [0.25, 0.3) is 0 Å². The lowest BCUT2D eigenvalue weighted by Crippen LogP contribution is -2.04. The number of halogens is 1. The van der Waals surface area contributed by atoms with E-state index in [4.69, 9.17) is 5.73 Å². The number of rotatable bonds is 2. The van der Waals surface area contributed by atoms with Crippen molar-refractivity contribution in [3.8, 4) is 0 Å². The van der Waals surface area contributed by atoms with Crippen molar-refractivity contribution in [2.24, 2.45) is 0 Å². The van der Waals surface area contributed by atoms with Gasteiger partial charge in [-0.25, -0.2) is 4.39 Å². The van der Waals surface area contributed by atoms with Gasteiger partial charge in [-0.2, -0.15) is 0 Å². The van der Waals surface area contributed by atoms with Gasteiger partial charge in [0.05, 0.1) is 6.20 Å². The fourth-order valence-corrected chi connectivity index (χ4v) is 1.48. The second-order valence-corrected chi connectivity index (χ2v) is 3.79. The monoisotopic (exact) mass is 230 g/mol. The van der Waals surface area contributed by atoms with Crippen molar-refractivity contribution in [1.29, 1.82) is 0 Å². The highest BCUT2D eigenvalue weighted by atomic mass is 19.1. The van der Waals surface area contributed by atoms with Gasteiger partial charge < -0.3 is 5.73 Å². The first-order chi connectivity index (χ1) is 8.08. The Morgan fingerprint density at radius 1 is 1.24 bits per heavy atom. The number of pyridine rings is 1. The molecule has 0 saturated heterocycles. The summed E-state index contributed by atoms with van der Waals surface area (Å²) in [5.41, 5.74) is 7.82. The number of nitrogen functional groups attached to an aromatic ring is 1. The van der Waals surface area contributed by atoms with Crippen molar-refractivity contribution in [3.05, 3.63) is 59.2 Å². The molecule has 0 bridgehead atoms. The quantitative estimate of drug-likeness (QED) is 0.636. The van der Waals surface area contributed by atoms with Crippen molar-refractivity contribution in [3.63, 3.8) is 0 Å². The molecule has 2 rings (SSSR count). The molecule has 0 aliphatic heterocycles. The minimum absolute atomic E-state index is 0.216. The molecule has 0 saturated carbocycles. The Kier molecular flexibility index (Phi) is 2.87. The number of anilines is 1. The van der Waals surface area contributed by atoms with E-state index in [1.165, 1.54) is 6.20 Å². The number of benzene rings is 1. The number of nitrogens with two attached hydrogens (primary N) is 1. The van der Waals surface area contributed by atoms with E-state index >= 15 is 0 Å². The van der Waals surface area contributed by atoms with Gasteiger partial charge in [-0.05, 0) is 24.6 Å². The van der Waals surface area contributed by atoms with Crippen molar-refractivity contribution in [1.82, 2.24) is 4.98 Å². The van der Waals surface area contributed by atoms with Crippen molar-refractivity contribution in [2.45, 2.75) is 6.92 Å². The maximum absolute atomic E-state index is 12.9. The van der Waals surface area contributed by atoms with Gasteiger partial charge in [0, 0.05) is 23.0 Å². The number of hydrogen-bond donors (Lipinski definition) is 1. The second-order valence-electron chi connectivity index (χ2n) is 3.79. The SMILES string of the molecule is Cc1ccc(C(=O)c2cncc(F)c2)cc1N. The second kappa shape index (κ2) is 4.33. The molecule has 0 atom stereocenters. The summed E-state index contributed by atoms with van der Waals surface area (Å²) in [6, 6.07) is 6.17. The molecule has 86 valence electrons. The number of aryl methyl sites for hydroxylation is 1. The smallest absolute Gasteiger partial charge is 0.194 e. The van der Waals surface area contributed by atoms with Crippen LogP contribution in [-0.2, 0) is 0 Å². The average molecular weight is 230 g/mol. The Balaban J connectivity index is 2.40. The summed E-state index contributed by atoms with van der Waals surface area (Å²) < 4.78 is 12.9. The lowest BCUT2D eigenvalue weighted by atomic mass is 10.0. The van der Waals surface area contributed by atoms with Gasteiger partial charge in [-0.15, -0.1) is 0 Å². The molecule has 1 aromatic heterocycles.